The van der Waals surface area contributed by atoms with Crippen molar-refractivity contribution in [3.05, 3.63) is 48.0 Å². The number of carbonyl (C=O) groups excluding carboxylic acids is 1. The Hall–Kier alpha value is -2.79. The van der Waals surface area contributed by atoms with Gasteiger partial charge in [-0.05, 0) is 36.8 Å². The van der Waals surface area contributed by atoms with Crippen molar-refractivity contribution in [3.63, 3.8) is 0 Å². The van der Waals surface area contributed by atoms with Crippen LogP contribution in [-0.4, -0.2) is 44.6 Å². The number of carbonyl (C=O) groups is 1. The number of halogens is 3. The summed E-state index contributed by atoms with van der Waals surface area (Å²) in [6, 6.07) is 9.73. The van der Waals surface area contributed by atoms with Gasteiger partial charge in [0, 0.05) is 18.8 Å². The summed E-state index contributed by atoms with van der Waals surface area (Å²) in [5.74, 6) is -1.03. The van der Waals surface area contributed by atoms with Gasteiger partial charge in [-0.1, -0.05) is 32.0 Å². The highest BCUT2D eigenvalue weighted by molar-refractivity contribution is 7.89. The number of ether oxygens (including phenoxy) is 1. The largest absolute Gasteiger partial charge is 0.573 e. The van der Waals surface area contributed by atoms with Crippen LogP contribution in [0.25, 0.3) is 0 Å². The second-order valence-electron chi connectivity index (χ2n) is 6.51. The number of amides is 1. The minimum atomic E-state index is -4.87. The molecular weight excluding hydrogens is 435 g/mol. The van der Waals surface area contributed by atoms with Crippen LogP contribution in [0.2, 0.25) is 0 Å². The van der Waals surface area contributed by atoms with Crippen molar-refractivity contribution in [2.45, 2.75) is 32.0 Å². The number of nitrogens with zero attached hydrogens (tertiary/aromatic N) is 1. The molecule has 0 atom stereocenters. The molecule has 0 aromatic heterocycles. The van der Waals surface area contributed by atoms with Crippen molar-refractivity contribution in [2.75, 3.05) is 30.3 Å². The van der Waals surface area contributed by atoms with E-state index in [1.807, 2.05) is 0 Å². The number of rotatable bonds is 9. The number of para-hydroxylation sites is 2. The lowest BCUT2D eigenvalue weighted by atomic mass is 10.2. The summed E-state index contributed by atoms with van der Waals surface area (Å²) in [7, 11) is -3.71. The zero-order valence-corrected chi connectivity index (χ0v) is 18.1. The van der Waals surface area contributed by atoms with E-state index in [4.69, 9.17) is 0 Å². The molecule has 0 unspecified atom stereocenters. The number of hydrogen-bond acceptors (Lipinski definition) is 5. The average molecular weight is 459 g/mol. The van der Waals surface area contributed by atoms with E-state index < -0.39 is 28.0 Å². The minimum absolute atomic E-state index is 0.00967. The zero-order chi connectivity index (χ0) is 23.2. The van der Waals surface area contributed by atoms with Crippen molar-refractivity contribution in [3.8, 4) is 5.75 Å². The summed E-state index contributed by atoms with van der Waals surface area (Å²) in [5.41, 5.74) is 0.914. The number of alkyl halides is 3. The quantitative estimate of drug-likeness (QED) is 0.593. The van der Waals surface area contributed by atoms with E-state index >= 15 is 0 Å². The van der Waals surface area contributed by atoms with Crippen LogP contribution in [0.1, 0.15) is 19.4 Å². The van der Waals surface area contributed by atoms with Crippen LogP contribution in [0.5, 0.6) is 5.75 Å². The van der Waals surface area contributed by atoms with Gasteiger partial charge in [-0.25, -0.2) is 8.42 Å². The lowest BCUT2D eigenvalue weighted by molar-refractivity contribution is -0.274. The minimum Gasteiger partial charge on any atom is -0.404 e. The first-order valence-electron chi connectivity index (χ1n) is 9.47. The Labute approximate surface area is 179 Å². The molecule has 2 rings (SSSR count). The van der Waals surface area contributed by atoms with Gasteiger partial charge < -0.3 is 15.4 Å². The summed E-state index contributed by atoms with van der Waals surface area (Å²) in [4.78, 5) is 12.4. The van der Waals surface area contributed by atoms with Gasteiger partial charge in [-0.3, -0.25) is 4.79 Å². The molecule has 170 valence electrons. The lowest BCUT2D eigenvalue weighted by Crippen LogP contribution is -2.30. The molecule has 0 aliphatic rings. The molecule has 0 heterocycles. The molecule has 0 aliphatic carbocycles. The Bertz CT molecular complexity index is 1020. The molecule has 0 saturated heterocycles. The van der Waals surface area contributed by atoms with Crippen molar-refractivity contribution >= 4 is 27.3 Å². The molecule has 7 nitrogen and oxygen atoms in total. The molecular formula is C20H24F3N3O4S. The molecule has 2 aromatic carbocycles. The lowest BCUT2D eigenvalue weighted by Gasteiger charge is -2.19. The predicted octanol–water partition coefficient (Wildman–Crippen LogP) is 3.97. The van der Waals surface area contributed by atoms with Crippen LogP contribution in [0.15, 0.2) is 47.4 Å². The molecule has 2 aromatic rings. The highest BCUT2D eigenvalue weighted by atomic mass is 32.2. The zero-order valence-electron chi connectivity index (χ0n) is 17.3. The van der Waals surface area contributed by atoms with Gasteiger partial charge in [-0.15, -0.1) is 13.2 Å². The third-order valence-electron chi connectivity index (χ3n) is 4.38. The monoisotopic (exact) mass is 459 g/mol. The van der Waals surface area contributed by atoms with Gasteiger partial charge in [0.2, 0.25) is 15.9 Å². The Morgan fingerprint density at radius 2 is 1.71 bits per heavy atom. The molecule has 0 spiro atoms. The highest BCUT2D eigenvalue weighted by Gasteiger charge is 2.32. The third kappa shape index (κ3) is 6.59. The molecule has 2 N–H and O–H groups in total. The van der Waals surface area contributed by atoms with E-state index in [2.05, 4.69) is 15.4 Å². The van der Waals surface area contributed by atoms with Crippen molar-refractivity contribution in [1.82, 2.24) is 4.31 Å². The Morgan fingerprint density at radius 1 is 1.06 bits per heavy atom. The number of sulfonamides is 1. The molecule has 0 saturated carbocycles. The van der Waals surface area contributed by atoms with Gasteiger partial charge in [-0.2, -0.15) is 4.31 Å². The van der Waals surface area contributed by atoms with Crippen LogP contribution in [0.3, 0.4) is 0 Å². The molecule has 0 bridgehead atoms. The van der Waals surface area contributed by atoms with Gasteiger partial charge in [0.1, 0.15) is 0 Å². The van der Waals surface area contributed by atoms with Crippen LogP contribution in [-0.2, 0) is 14.8 Å². The molecule has 0 radical (unpaired) electrons. The summed E-state index contributed by atoms with van der Waals surface area (Å²) >= 11 is 0. The van der Waals surface area contributed by atoms with E-state index in [-0.39, 0.29) is 17.1 Å². The first kappa shape index (κ1) is 24.5. The Kier molecular flexibility index (Phi) is 7.91. The smallest absolute Gasteiger partial charge is 0.404 e. The first-order chi connectivity index (χ1) is 14.5. The average Bonchev–Trinajstić information content (AvgIpc) is 2.68. The Balaban J connectivity index is 2.14. The van der Waals surface area contributed by atoms with Crippen molar-refractivity contribution in [1.29, 1.82) is 0 Å². The third-order valence-corrected chi connectivity index (χ3v) is 6.42. The number of aryl methyl sites for hydroxylation is 1. The van der Waals surface area contributed by atoms with Gasteiger partial charge >= 0.3 is 6.36 Å². The second kappa shape index (κ2) is 10.0. The van der Waals surface area contributed by atoms with E-state index in [0.29, 0.717) is 24.3 Å². The molecule has 0 fully saturated rings. The fraction of sp³-hybridized carbons (Fsp3) is 0.350. The van der Waals surface area contributed by atoms with Gasteiger partial charge in [0.05, 0.1) is 17.1 Å². The fourth-order valence-corrected chi connectivity index (χ4v) is 4.29. The second-order valence-corrected chi connectivity index (χ2v) is 8.45. The fourth-order valence-electron chi connectivity index (χ4n) is 2.81. The SMILES string of the molecule is CCN(CC)S(=O)(=O)c1ccc(C)c(NC(=O)CNc2ccccc2OC(F)(F)F)c1. The number of benzene rings is 2. The van der Waals surface area contributed by atoms with E-state index in [1.165, 1.54) is 34.6 Å². The summed E-state index contributed by atoms with van der Waals surface area (Å²) in [6.45, 7) is 5.40. The summed E-state index contributed by atoms with van der Waals surface area (Å²) in [5, 5.41) is 5.18. The molecule has 11 heteroatoms. The molecule has 0 aliphatic heterocycles. The number of hydrogen-bond donors (Lipinski definition) is 2. The molecule has 31 heavy (non-hydrogen) atoms. The van der Waals surface area contributed by atoms with E-state index in [9.17, 15) is 26.4 Å². The highest BCUT2D eigenvalue weighted by Crippen LogP contribution is 2.30. The van der Waals surface area contributed by atoms with Crippen LogP contribution < -0.4 is 15.4 Å². The van der Waals surface area contributed by atoms with Gasteiger partial charge in [0.15, 0.2) is 5.75 Å². The summed E-state index contributed by atoms with van der Waals surface area (Å²) < 4.78 is 68.2. The van der Waals surface area contributed by atoms with Crippen LogP contribution in [0.4, 0.5) is 24.5 Å². The normalized spacial score (nSPS) is 12.0. The standard InChI is InChI=1S/C20H24F3N3O4S/c1-4-26(5-2)31(28,29)15-11-10-14(3)17(12-15)25-19(27)13-24-16-8-6-7-9-18(16)30-20(21,22)23/h6-12,24H,4-5,13H2,1-3H3,(H,25,27). The maximum atomic E-state index is 12.7. The van der Waals surface area contributed by atoms with Crippen molar-refractivity contribution in [2.24, 2.45) is 0 Å². The Morgan fingerprint density at radius 3 is 2.32 bits per heavy atom. The van der Waals surface area contributed by atoms with E-state index in [0.717, 1.165) is 6.07 Å². The summed E-state index contributed by atoms with van der Waals surface area (Å²) in [6.07, 6.45) is -4.87. The molecule has 1 amide bonds. The van der Waals surface area contributed by atoms with Gasteiger partial charge in [0.25, 0.3) is 0 Å². The predicted molar refractivity (Wildman–Crippen MR) is 112 cm³/mol. The maximum absolute atomic E-state index is 12.7. The van der Waals surface area contributed by atoms with Crippen molar-refractivity contribution < 1.29 is 31.1 Å². The first-order valence-corrected chi connectivity index (χ1v) is 10.9. The van der Waals surface area contributed by atoms with Crippen LogP contribution >= 0.6 is 0 Å². The van der Waals surface area contributed by atoms with Crippen LogP contribution in [0, 0.1) is 6.92 Å². The van der Waals surface area contributed by atoms with E-state index in [1.54, 1.807) is 26.8 Å². The number of nitrogens with one attached hydrogen (secondary N) is 2. The topological polar surface area (TPSA) is 87.7 Å². The number of anilines is 2. The maximum Gasteiger partial charge on any atom is 0.573 e.